The highest BCUT2D eigenvalue weighted by atomic mass is 19.4. The zero-order valence-electron chi connectivity index (χ0n) is 9.02. The van der Waals surface area contributed by atoms with Crippen molar-refractivity contribution in [1.82, 2.24) is 5.43 Å². The van der Waals surface area contributed by atoms with Crippen LogP contribution in [0.4, 0.5) is 13.2 Å². The zero-order valence-corrected chi connectivity index (χ0v) is 9.02. The molecule has 0 aliphatic carbocycles. The third-order valence-corrected chi connectivity index (χ3v) is 1.99. The number of hydrazine groups is 1. The smallest absolute Gasteiger partial charge is 0.372 e. The van der Waals surface area contributed by atoms with Gasteiger partial charge in [0.15, 0.2) is 0 Å². The summed E-state index contributed by atoms with van der Waals surface area (Å²) in [5.74, 6) is 7.73. The standard InChI is InChI=1S/C10H17F3N2O/c1-2-3-4-5-9(15-14)6-7-16-8-10(11,12)13/h1,9,15H,3-8,14H2. The summed E-state index contributed by atoms with van der Waals surface area (Å²) in [4.78, 5) is 0. The van der Waals surface area contributed by atoms with E-state index in [1.165, 1.54) is 0 Å². The van der Waals surface area contributed by atoms with Gasteiger partial charge in [-0.05, 0) is 19.3 Å². The van der Waals surface area contributed by atoms with E-state index in [1.807, 2.05) is 0 Å². The zero-order chi connectivity index (χ0) is 12.4. The van der Waals surface area contributed by atoms with E-state index < -0.39 is 12.8 Å². The summed E-state index contributed by atoms with van der Waals surface area (Å²) in [6, 6.07) is -0.0541. The molecule has 0 rings (SSSR count). The summed E-state index contributed by atoms with van der Waals surface area (Å²) < 4.78 is 39.6. The summed E-state index contributed by atoms with van der Waals surface area (Å²) in [7, 11) is 0. The van der Waals surface area contributed by atoms with Crippen molar-refractivity contribution in [3.63, 3.8) is 0 Å². The first kappa shape index (κ1) is 15.2. The Hall–Kier alpha value is -0.770. The number of unbranched alkanes of at least 4 members (excludes halogenated alkanes) is 1. The van der Waals surface area contributed by atoms with Gasteiger partial charge in [0, 0.05) is 19.1 Å². The molecule has 1 unspecified atom stereocenters. The van der Waals surface area contributed by atoms with Crippen LogP contribution in [0.25, 0.3) is 0 Å². The maximum atomic E-state index is 11.7. The van der Waals surface area contributed by atoms with Crippen LogP contribution in [-0.2, 0) is 4.74 Å². The van der Waals surface area contributed by atoms with Crippen LogP contribution < -0.4 is 11.3 Å². The number of nitrogens with one attached hydrogen (secondary N) is 1. The van der Waals surface area contributed by atoms with Crippen molar-refractivity contribution in [2.75, 3.05) is 13.2 Å². The van der Waals surface area contributed by atoms with Crippen molar-refractivity contribution < 1.29 is 17.9 Å². The van der Waals surface area contributed by atoms with Gasteiger partial charge < -0.3 is 4.74 Å². The summed E-state index contributed by atoms with van der Waals surface area (Å²) in [5.41, 5.74) is 2.53. The molecule has 0 spiro atoms. The molecule has 0 aliphatic rings. The number of ether oxygens (including phenoxy) is 1. The Morgan fingerprint density at radius 2 is 2.06 bits per heavy atom. The van der Waals surface area contributed by atoms with Crippen LogP contribution in [0.5, 0.6) is 0 Å². The van der Waals surface area contributed by atoms with Gasteiger partial charge in [0.1, 0.15) is 6.61 Å². The van der Waals surface area contributed by atoms with E-state index in [9.17, 15) is 13.2 Å². The number of hydrogen-bond acceptors (Lipinski definition) is 3. The van der Waals surface area contributed by atoms with Crippen LogP contribution in [0.15, 0.2) is 0 Å². The van der Waals surface area contributed by atoms with Crippen LogP contribution in [0.3, 0.4) is 0 Å². The van der Waals surface area contributed by atoms with Gasteiger partial charge in [-0.2, -0.15) is 13.2 Å². The van der Waals surface area contributed by atoms with Gasteiger partial charge in [-0.25, -0.2) is 0 Å². The number of halogens is 3. The van der Waals surface area contributed by atoms with E-state index in [0.717, 1.165) is 12.8 Å². The summed E-state index contributed by atoms with van der Waals surface area (Å²) >= 11 is 0. The number of alkyl halides is 3. The van der Waals surface area contributed by atoms with Crippen LogP contribution in [0.2, 0.25) is 0 Å². The van der Waals surface area contributed by atoms with Crippen LogP contribution >= 0.6 is 0 Å². The second-order valence-electron chi connectivity index (χ2n) is 3.42. The lowest BCUT2D eigenvalue weighted by Gasteiger charge is -2.15. The fourth-order valence-corrected chi connectivity index (χ4v) is 1.18. The van der Waals surface area contributed by atoms with Crippen molar-refractivity contribution in [3.05, 3.63) is 0 Å². The highest BCUT2D eigenvalue weighted by Crippen LogP contribution is 2.14. The molecule has 1 atom stereocenters. The summed E-state index contributed by atoms with van der Waals surface area (Å²) in [5, 5.41) is 0. The number of rotatable bonds is 8. The first-order valence-corrected chi connectivity index (χ1v) is 5.03. The molecule has 0 aromatic heterocycles. The fraction of sp³-hybridized carbons (Fsp3) is 0.800. The first-order valence-electron chi connectivity index (χ1n) is 5.03. The average molecular weight is 238 g/mol. The predicted octanol–water partition coefficient (Wildman–Crippen LogP) is 1.59. The minimum Gasteiger partial charge on any atom is -0.372 e. The highest BCUT2D eigenvalue weighted by molar-refractivity contribution is 4.83. The Morgan fingerprint density at radius 1 is 1.38 bits per heavy atom. The maximum absolute atomic E-state index is 11.7. The lowest BCUT2D eigenvalue weighted by molar-refractivity contribution is -0.174. The number of terminal acetylenes is 1. The Labute approximate surface area is 93.5 Å². The Bertz CT molecular complexity index is 213. The van der Waals surface area contributed by atoms with E-state index in [-0.39, 0.29) is 12.6 Å². The van der Waals surface area contributed by atoms with Crippen molar-refractivity contribution in [1.29, 1.82) is 0 Å². The quantitative estimate of drug-likeness (QED) is 0.292. The van der Waals surface area contributed by atoms with Gasteiger partial charge in [0.05, 0.1) is 0 Å². The van der Waals surface area contributed by atoms with Crippen LogP contribution in [-0.4, -0.2) is 25.4 Å². The molecule has 0 bridgehead atoms. The summed E-state index contributed by atoms with van der Waals surface area (Å²) in [6.07, 6.45) is 3.42. The maximum Gasteiger partial charge on any atom is 0.411 e. The Balaban J connectivity index is 3.52. The lowest BCUT2D eigenvalue weighted by Crippen LogP contribution is -2.36. The fourth-order valence-electron chi connectivity index (χ4n) is 1.18. The molecular weight excluding hydrogens is 221 g/mol. The van der Waals surface area contributed by atoms with Crippen molar-refractivity contribution >= 4 is 0 Å². The van der Waals surface area contributed by atoms with E-state index in [2.05, 4.69) is 16.1 Å². The predicted molar refractivity (Wildman–Crippen MR) is 55.3 cm³/mol. The molecule has 0 saturated carbocycles. The normalized spacial score (nSPS) is 13.4. The summed E-state index contributed by atoms with van der Waals surface area (Å²) in [6.45, 7) is -1.18. The van der Waals surface area contributed by atoms with Crippen molar-refractivity contribution in [2.24, 2.45) is 5.84 Å². The molecule has 6 heteroatoms. The molecule has 0 fully saturated rings. The topological polar surface area (TPSA) is 47.3 Å². The molecule has 94 valence electrons. The van der Waals surface area contributed by atoms with Gasteiger partial charge in [0.25, 0.3) is 0 Å². The van der Waals surface area contributed by atoms with E-state index in [0.29, 0.717) is 12.8 Å². The van der Waals surface area contributed by atoms with E-state index in [1.54, 1.807) is 0 Å². The number of nitrogens with two attached hydrogens (primary N) is 1. The van der Waals surface area contributed by atoms with Crippen molar-refractivity contribution in [2.45, 2.75) is 37.9 Å². The monoisotopic (exact) mass is 238 g/mol. The second kappa shape index (κ2) is 8.39. The average Bonchev–Trinajstić information content (AvgIpc) is 2.20. The first-order chi connectivity index (χ1) is 7.49. The molecule has 0 aliphatic heterocycles. The third-order valence-electron chi connectivity index (χ3n) is 1.99. The van der Waals surface area contributed by atoms with Crippen molar-refractivity contribution in [3.8, 4) is 12.3 Å². The molecule has 0 heterocycles. The SMILES string of the molecule is C#CCCCC(CCOCC(F)(F)F)NN. The molecule has 0 saturated heterocycles. The molecule has 3 nitrogen and oxygen atoms in total. The van der Waals surface area contributed by atoms with Gasteiger partial charge in [-0.3, -0.25) is 11.3 Å². The number of hydrogen-bond donors (Lipinski definition) is 2. The molecule has 0 aromatic carbocycles. The lowest BCUT2D eigenvalue weighted by atomic mass is 10.1. The molecular formula is C10H17F3N2O. The van der Waals surface area contributed by atoms with Crippen LogP contribution in [0, 0.1) is 12.3 Å². The molecule has 0 radical (unpaired) electrons. The Morgan fingerprint density at radius 3 is 2.56 bits per heavy atom. The molecule has 0 amide bonds. The Kier molecular flexibility index (Phi) is 7.99. The molecule has 0 aromatic rings. The van der Waals surface area contributed by atoms with E-state index >= 15 is 0 Å². The van der Waals surface area contributed by atoms with Crippen LogP contribution in [0.1, 0.15) is 25.7 Å². The van der Waals surface area contributed by atoms with Gasteiger partial charge in [-0.15, -0.1) is 12.3 Å². The van der Waals surface area contributed by atoms with E-state index in [4.69, 9.17) is 12.3 Å². The van der Waals surface area contributed by atoms with Gasteiger partial charge in [-0.1, -0.05) is 0 Å². The van der Waals surface area contributed by atoms with Gasteiger partial charge in [0.2, 0.25) is 0 Å². The third kappa shape index (κ3) is 9.77. The minimum absolute atomic E-state index is 0.0322. The second-order valence-corrected chi connectivity index (χ2v) is 3.42. The minimum atomic E-state index is -4.27. The highest BCUT2D eigenvalue weighted by Gasteiger charge is 2.27. The molecule has 3 N–H and O–H groups in total. The molecule has 16 heavy (non-hydrogen) atoms. The van der Waals surface area contributed by atoms with Gasteiger partial charge >= 0.3 is 6.18 Å². The largest absolute Gasteiger partial charge is 0.411 e.